The van der Waals surface area contributed by atoms with E-state index in [2.05, 4.69) is 10.3 Å². The van der Waals surface area contributed by atoms with Gasteiger partial charge in [0.25, 0.3) is 0 Å². The summed E-state index contributed by atoms with van der Waals surface area (Å²) in [4.78, 5) is 4.05. The first-order valence-electron chi connectivity index (χ1n) is 4.29. The van der Waals surface area contributed by atoms with Gasteiger partial charge in [0.05, 0.1) is 5.56 Å². The van der Waals surface area contributed by atoms with Crippen molar-refractivity contribution in [3.8, 4) is 6.07 Å². The molecule has 0 saturated heterocycles. The fraction of sp³-hybridized carbons (Fsp3) is 0.333. The summed E-state index contributed by atoms with van der Waals surface area (Å²) in [5, 5.41) is 12.2. The van der Waals surface area contributed by atoms with Crippen molar-refractivity contribution in [2.45, 2.75) is 18.5 Å². The van der Waals surface area contributed by atoms with E-state index in [4.69, 9.17) is 22.6 Å². The van der Waals surface area contributed by atoms with Gasteiger partial charge < -0.3 is 11.1 Å². The molecule has 1 aromatic heterocycles. The Morgan fingerprint density at radius 2 is 2.43 bits per heavy atom. The van der Waals surface area contributed by atoms with E-state index >= 15 is 0 Å². The summed E-state index contributed by atoms with van der Waals surface area (Å²) in [5.41, 5.74) is 6.07. The number of hydrogen-bond acceptors (Lipinski definition) is 4. The normalized spacial score (nSPS) is 24.1. The Balaban J connectivity index is 2.21. The summed E-state index contributed by atoms with van der Waals surface area (Å²) >= 11 is 5.94. The summed E-state index contributed by atoms with van der Waals surface area (Å²) in [6.07, 6.45) is 2.48. The largest absolute Gasteiger partial charge is 0.364 e. The van der Waals surface area contributed by atoms with Crippen molar-refractivity contribution < 1.29 is 0 Å². The third-order valence-electron chi connectivity index (χ3n) is 2.17. The maximum absolute atomic E-state index is 8.73. The summed E-state index contributed by atoms with van der Waals surface area (Å²) in [7, 11) is 0. The highest BCUT2D eigenvalue weighted by molar-refractivity contribution is 6.34. The van der Waals surface area contributed by atoms with Crippen molar-refractivity contribution in [2.24, 2.45) is 5.73 Å². The lowest BCUT2D eigenvalue weighted by atomic mass is 10.3. The van der Waals surface area contributed by atoms with Gasteiger partial charge in [0.15, 0.2) is 0 Å². The molecule has 0 amide bonds. The van der Waals surface area contributed by atoms with Crippen LogP contribution in [0.25, 0.3) is 0 Å². The number of nitrogens with one attached hydrogen (secondary N) is 1. The van der Waals surface area contributed by atoms with Gasteiger partial charge in [-0.15, -0.1) is 0 Å². The Morgan fingerprint density at radius 3 is 3.00 bits per heavy atom. The predicted octanol–water partition coefficient (Wildman–Crippen LogP) is 1.12. The Morgan fingerprint density at radius 1 is 1.71 bits per heavy atom. The van der Waals surface area contributed by atoms with Crippen LogP contribution in [0.15, 0.2) is 12.3 Å². The molecule has 0 radical (unpaired) electrons. The molecule has 2 rings (SSSR count). The fourth-order valence-electron chi connectivity index (χ4n) is 1.19. The lowest BCUT2D eigenvalue weighted by molar-refractivity contribution is 0.996. The van der Waals surface area contributed by atoms with Crippen molar-refractivity contribution in [3.05, 3.63) is 22.8 Å². The zero-order chi connectivity index (χ0) is 10.1. The third kappa shape index (κ3) is 1.65. The number of rotatable bonds is 2. The number of halogens is 1. The van der Waals surface area contributed by atoms with Crippen LogP contribution in [0.2, 0.25) is 5.02 Å². The van der Waals surface area contributed by atoms with E-state index in [1.807, 2.05) is 6.07 Å². The van der Waals surface area contributed by atoms with Gasteiger partial charge in [-0.05, 0) is 12.5 Å². The number of aromatic nitrogens is 1. The molecular weight excluding hydrogens is 200 g/mol. The summed E-state index contributed by atoms with van der Waals surface area (Å²) in [5.74, 6) is 0.545. The number of pyridine rings is 1. The molecule has 5 heteroatoms. The minimum Gasteiger partial charge on any atom is -0.364 e. The van der Waals surface area contributed by atoms with Gasteiger partial charge in [-0.2, -0.15) is 5.26 Å². The van der Waals surface area contributed by atoms with Crippen LogP contribution in [0.4, 0.5) is 5.82 Å². The molecule has 1 saturated carbocycles. The third-order valence-corrected chi connectivity index (χ3v) is 2.55. The van der Waals surface area contributed by atoms with Gasteiger partial charge in [0.1, 0.15) is 16.9 Å². The molecule has 72 valence electrons. The van der Waals surface area contributed by atoms with Crippen molar-refractivity contribution in [1.29, 1.82) is 5.26 Å². The Hall–Kier alpha value is -1.31. The van der Waals surface area contributed by atoms with Crippen LogP contribution in [0.1, 0.15) is 12.0 Å². The molecule has 2 unspecified atom stereocenters. The monoisotopic (exact) mass is 208 g/mol. The summed E-state index contributed by atoms with van der Waals surface area (Å²) in [6.45, 7) is 0. The standard InChI is InChI=1S/C9H9ClN4/c10-8-5(4-11)1-2-13-9(8)14-7-3-6(7)12/h1-2,6-7H,3,12H2,(H,13,14). The topological polar surface area (TPSA) is 74.7 Å². The van der Waals surface area contributed by atoms with E-state index in [0.717, 1.165) is 6.42 Å². The van der Waals surface area contributed by atoms with E-state index in [1.54, 1.807) is 12.3 Å². The van der Waals surface area contributed by atoms with Crippen molar-refractivity contribution in [1.82, 2.24) is 4.98 Å². The smallest absolute Gasteiger partial charge is 0.146 e. The molecule has 0 bridgehead atoms. The molecule has 3 N–H and O–H groups in total. The summed E-state index contributed by atoms with van der Waals surface area (Å²) < 4.78 is 0. The first-order valence-corrected chi connectivity index (χ1v) is 4.67. The molecule has 1 aliphatic rings. The highest BCUT2D eigenvalue weighted by atomic mass is 35.5. The second kappa shape index (κ2) is 3.45. The van der Waals surface area contributed by atoms with Crippen LogP contribution in [0, 0.1) is 11.3 Å². The quantitative estimate of drug-likeness (QED) is 0.764. The van der Waals surface area contributed by atoms with Gasteiger partial charge in [-0.3, -0.25) is 0 Å². The average molecular weight is 209 g/mol. The number of nitrogens with zero attached hydrogens (tertiary/aromatic N) is 2. The van der Waals surface area contributed by atoms with Crippen LogP contribution >= 0.6 is 11.6 Å². The maximum Gasteiger partial charge on any atom is 0.146 e. The van der Waals surface area contributed by atoms with E-state index in [1.165, 1.54) is 0 Å². The van der Waals surface area contributed by atoms with Gasteiger partial charge in [0.2, 0.25) is 0 Å². The van der Waals surface area contributed by atoms with E-state index in [9.17, 15) is 0 Å². The molecule has 1 aliphatic carbocycles. The zero-order valence-corrected chi connectivity index (χ0v) is 8.12. The highest BCUT2D eigenvalue weighted by Crippen LogP contribution is 2.28. The number of anilines is 1. The fourth-order valence-corrected chi connectivity index (χ4v) is 1.40. The molecule has 14 heavy (non-hydrogen) atoms. The molecule has 0 spiro atoms. The van der Waals surface area contributed by atoms with Gasteiger partial charge >= 0.3 is 0 Å². The van der Waals surface area contributed by atoms with Crippen molar-refractivity contribution in [2.75, 3.05) is 5.32 Å². The predicted molar refractivity (Wildman–Crippen MR) is 54.0 cm³/mol. The van der Waals surface area contributed by atoms with Gasteiger partial charge in [-0.25, -0.2) is 4.98 Å². The molecule has 1 fully saturated rings. The lowest BCUT2D eigenvalue weighted by Gasteiger charge is -2.06. The van der Waals surface area contributed by atoms with Crippen LogP contribution in [-0.4, -0.2) is 17.1 Å². The number of hydrogen-bond donors (Lipinski definition) is 2. The second-order valence-corrected chi connectivity index (χ2v) is 3.66. The highest BCUT2D eigenvalue weighted by Gasteiger charge is 2.34. The van der Waals surface area contributed by atoms with Gasteiger partial charge in [0, 0.05) is 18.3 Å². The number of nitriles is 1. The average Bonchev–Trinajstić information content (AvgIpc) is 2.86. The van der Waals surface area contributed by atoms with Crippen molar-refractivity contribution in [3.63, 3.8) is 0 Å². The first-order chi connectivity index (χ1) is 6.72. The van der Waals surface area contributed by atoms with Crippen molar-refractivity contribution >= 4 is 17.4 Å². The second-order valence-electron chi connectivity index (χ2n) is 3.28. The maximum atomic E-state index is 8.73. The van der Waals surface area contributed by atoms with Crippen LogP contribution in [0.3, 0.4) is 0 Å². The molecule has 0 aliphatic heterocycles. The first kappa shape index (κ1) is 9.25. The van der Waals surface area contributed by atoms with E-state index in [0.29, 0.717) is 16.4 Å². The lowest BCUT2D eigenvalue weighted by Crippen LogP contribution is -2.14. The minimum atomic E-state index is 0.179. The SMILES string of the molecule is N#Cc1ccnc(NC2CC2N)c1Cl. The van der Waals surface area contributed by atoms with Gasteiger partial charge in [-0.1, -0.05) is 11.6 Å². The van der Waals surface area contributed by atoms with Crippen LogP contribution in [0.5, 0.6) is 0 Å². The Bertz CT molecular complexity index is 398. The molecule has 0 aromatic carbocycles. The molecule has 4 nitrogen and oxygen atoms in total. The van der Waals surface area contributed by atoms with Crippen LogP contribution < -0.4 is 11.1 Å². The van der Waals surface area contributed by atoms with E-state index < -0.39 is 0 Å². The summed E-state index contributed by atoms with van der Waals surface area (Å²) in [6, 6.07) is 4.00. The molecular formula is C9H9ClN4. The molecule has 1 heterocycles. The zero-order valence-electron chi connectivity index (χ0n) is 7.37. The molecule has 2 atom stereocenters. The molecule has 1 aromatic rings. The minimum absolute atomic E-state index is 0.179. The van der Waals surface area contributed by atoms with E-state index in [-0.39, 0.29) is 12.1 Å². The Labute approximate surface area is 86.7 Å². The number of nitrogens with two attached hydrogens (primary N) is 1. The Kier molecular flexibility index (Phi) is 2.28. The van der Waals surface area contributed by atoms with Crippen LogP contribution in [-0.2, 0) is 0 Å².